The van der Waals surface area contributed by atoms with Crippen LogP contribution in [0.2, 0.25) is 0 Å². The first-order valence-corrected chi connectivity index (χ1v) is 7.85. The Hall–Kier alpha value is -0.220. The molecule has 0 aromatic heterocycles. The number of ether oxygens (including phenoxy) is 1. The highest BCUT2D eigenvalue weighted by molar-refractivity contribution is 7.99. The summed E-state index contributed by atoms with van der Waals surface area (Å²) in [5.74, 6) is 2.87. The van der Waals surface area contributed by atoms with Gasteiger partial charge in [0, 0.05) is 12.6 Å². The second kappa shape index (κ2) is 6.64. The molecular weight excluding hydrogens is 234 g/mol. The van der Waals surface area contributed by atoms with Crippen LogP contribution in [0, 0.1) is 11.8 Å². The van der Waals surface area contributed by atoms with Gasteiger partial charge in [0.2, 0.25) is 0 Å². The van der Waals surface area contributed by atoms with E-state index in [1.165, 1.54) is 38.5 Å². The summed E-state index contributed by atoms with van der Waals surface area (Å²) in [6.07, 6.45) is 6.37. The maximum absolute atomic E-state index is 11.8. The molecular formula is C13H23NO2S. The topological polar surface area (TPSA) is 38.3 Å². The van der Waals surface area contributed by atoms with Crippen molar-refractivity contribution in [3.8, 4) is 0 Å². The lowest BCUT2D eigenvalue weighted by atomic mass is 9.91. The van der Waals surface area contributed by atoms with Crippen molar-refractivity contribution in [2.24, 2.45) is 11.8 Å². The number of esters is 1. The fourth-order valence-electron chi connectivity index (χ4n) is 2.89. The molecule has 2 aliphatic rings. The van der Waals surface area contributed by atoms with Crippen molar-refractivity contribution in [1.29, 1.82) is 0 Å². The summed E-state index contributed by atoms with van der Waals surface area (Å²) < 4.78 is 4.95. The molecule has 0 radical (unpaired) electrons. The van der Waals surface area contributed by atoms with E-state index >= 15 is 0 Å². The van der Waals surface area contributed by atoms with Crippen molar-refractivity contribution in [2.75, 3.05) is 25.2 Å². The van der Waals surface area contributed by atoms with Crippen molar-refractivity contribution in [1.82, 2.24) is 5.32 Å². The predicted molar refractivity (Wildman–Crippen MR) is 71.2 cm³/mol. The third-order valence-corrected chi connectivity index (χ3v) is 5.21. The van der Waals surface area contributed by atoms with Gasteiger partial charge in [-0.1, -0.05) is 12.8 Å². The summed E-state index contributed by atoms with van der Waals surface area (Å²) >= 11 is 1.96. The van der Waals surface area contributed by atoms with E-state index in [9.17, 15) is 4.79 Å². The molecule has 1 N–H and O–H groups in total. The minimum Gasteiger partial charge on any atom is -0.469 e. The lowest BCUT2D eigenvalue weighted by molar-refractivity contribution is -0.147. The normalized spacial score (nSPS) is 27.2. The first-order chi connectivity index (χ1) is 8.31. The van der Waals surface area contributed by atoms with Gasteiger partial charge in [0.15, 0.2) is 0 Å². The summed E-state index contributed by atoms with van der Waals surface area (Å²) in [5, 5.41) is 3.56. The smallest absolute Gasteiger partial charge is 0.310 e. The average molecular weight is 257 g/mol. The standard InChI is InChI=1S/C13H23NO2S/c1-16-13(15)12(10-6-7-17-9-10)8-14-11-4-2-3-5-11/h10-12,14H,2-9H2,1H3. The highest BCUT2D eigenvalue weighted by Crippen LogP contribution is 2.30. The largest absolute Gasteiger partial charge is 0.469 e. The fraction of sp³-hybridized carbons (Fsp3) is 0.923. The summed E-state index contributed by atoms with van der Waals surface area (Å²) in [6, 6.07) is 0.635. The van der Waals surface area contributed by atoms with Crippen LogP contribution in [0.5, 0.6) is 0 Å². The van der Waals surface area contributed by atoms with Crippen LogP contribution in [0.1, 0.15) is 32.1 Å². The van der Waals surface area contributed by atoms with Gasteiger partial charge in [0.05, 0.1) is 13.0 Å². The van der Waals surface area contributed by atoms with Crippen molar-refractivity contribution < 1.29 is 9.53 Å². The molecule has 1 saturated heterocycles. The summed E-state index contributed by atoms with van der Waals surface area (Å²) in [5.41, 5.74) is 0. The second-order valence-electron chi connectivity index (χ2n) is 5.14. The maximum Gasteiger partial charge on any atom is 0.310 e. The van der Waals surface area contributed by atoms with Gasteiger partial charge < -0.3 is 10.1 Å². The number of thioether (sulfide) groups is 1. The molecule has 1 aliphatic carbocycles. The summed E-state index contributed by atoms with van der Waals surface area (Å²) in [7, 11) is 1.51. The number of rotatable bonds is 5. The molecule has 0 aromatic carbocycles. The van der Waals surface area contributed by atoms with E-state index in [-0.39, 0.29) is 11.9 Å². The van der Waals surface area contributed by atoms with Gasteiger partial charge in [-0.3, -0.25) is 4.79 Å². The molecule has 0 amide bonds. The van der Waals surface area contributed by atoms with Crippen LogP contribution in [0.15, 0.2) is 0 Å². The third-order valence-electron chi connectivity index (χ3n) is 4.02. The third kappa shape index (κ3) is 3.62. The first-order valence-electron chi connectivity index (χ1n) is 6.70. The zero-order valence-electron chi connectivity index (χ0n) is 10.6. The quantitative estimate of drug-likeness (QED) is 0.765. The number of hydrogen-bond acceptors (Lipinski definition) is 4. The van der Waals surface area contributed by atoms with Gasteiger partial charge in [0.1, 0.15) is 0 Å². The van der Waals surface area contributed by atoms with Crippen LogP contribution in [-0.2, 0) is 9.53 Å². The number of carbonyl (C=O) groups is 1. The Morgan fingerprint density at radius 1 is 1.41 bits per heavy atom. The molecule has 2 fully saturated rings. The molecule has 1 saturated carbocycles. The number of carbonyl (C=O) groups excluding carboxylic acids is 1. The van der Waals surface area contributed by atoms with Gasteiger partial charge >= 0.3 is 5.97 Å². The van der Waals surface area contributed by atoms with Gasteiger partial charge in [-0.05, 0) is 36.7 Å². The Bertz CT molecular complexity index is 248. The molecule has 17 heavy (non-hydrogen) atoms. The molecule has 3 nitrogen and oxygen atoms in total. The lowest BCUT2D eigenvalue weighted by Gasteiger charge is -2.23. The zero-order chi connectivity index (χ0) is 12.1. The average Bonchev–Trinajstić information content (AvgIpc) is 3.01. The maximum atomic E-state index is 11.8. The van der Waals surface area contributed by atoms with E-state index in [0.717, 1.165) is 18.7 Å². The molecule has 1 heterocycles. The van der Waals surface area contributed by atoms with Crippen LogP contribution in [0.3, 0.4) is 0 Å². The minimum atomic E-state index is -0.0250. The van der Waals surface area contributed by atoms with E-state index < -0.39 is 0 Å². The summed E-state index contributed by atoms with van der Waals surface area (Å²) in [6.45, 7) is 0.808. The van der Waals surface area contributed by atoms with E-state index in [1.807, 2.05) is 11.8 Å². The van der Waals surface area contributed by atoms with Crippen LogP contribution in [0.25, 0.3) is 0 Å². The van der Waals surface area contributed by atoms with Crippen molar-refractivity contribution in [2.45, 2.75) is 38.1 Å². The number of nitrogens with one attached hydrogen (secondary N) is 1. The summed E-state index contributed by atoms with van der Waals surface area (Å²) in [4.78, 5) is 11.8. The first kappa shape index (κ1) is 13.2. The van der Waals surface area contributed by atoms with Gasteiger partial charge in [-0.2, -0.15) is 11.8 Å². The van der Waals surface area contributed by atoms with Crippen molar-refractivity contribution >= 4 is 17.7 Å². The molecule has 2 unspecified atom stereocenters. The molecule has 4 heteroatoms. The van der Waals surface area contributed by atoms with Gasteiger partial charge in [-0.25, -0.2) is 0 Å². The number of hydrogen-bond donors (Lipinski definition) is 1. The van der Waals surface area contributed by atoms with Crippen LogP contribution in [0.4, 0.5) is 0 Å². The van der Waals surface area contributed by atoms with E-state index in [1.54, 1.807) is 0 Å². The Balaban J connectivity index is 1.83. The fourth-order valence-corrected chi connectivity index (χ4v) is 4.23. The Labute approximate surface area is 108 Å². The predicted octanol–water partition coefficient (Wildman–Crippen LogP) is 2.06. The Morgan fingerprint density at radius 3 is 2.76 bits per heavy atom. The van der Waals surface area contributed by atoms with Gasteiger partial charge in [-0.15, -0.1) is 0 Å². The van der Waals surface area contributed by atoms with Crippen LogP contribution in [-0.4, -0.2) is 37.2 Å². The lowest BCUT2D eigenvalue weighted by Crippen LogP contribution is -2.38. The monoisotopic (exact) mass is 257 g/mol. The second-order valence-corrected chi connectivity index (χ2v) is 6.29. The molecule has 0 aromatic rings. The molecule has 2 atom stereocenters. The SMILES string of the molecule is COC(=O)C(CNC1CCCC1)C1CCSC1. The number of methoxy groups -OCH3 is 1. The van der Waals surface area contributed by atoms with Gasteiger partial charge in [0.25, 0.3) is 0 Å². The molecule has 98 valence electrons. The van der Waals surface area contributed by atoms with Crippen LogP contribution < -0.4 is 5.32 Å². The molecule has 0 bridgehead atoms. The highest BCUT2D eigenvalue weighted by atomic mass is 32.2. The molecule has 0 spiro atoms. The van der Waals surface area contributed by atoms with Crippen molar-refractivity contribution in [3.63, 3.8) is 0 Å². The van der Waals surface area contributed by atoms with Crippen LogP contribution >= 0.6 is 11.8 Å². The van der Waals surface area contributed by atoms with Crippen molar-refractivity contribution in [3.05, 3.63) is 0 Å². The van der Waals surface area contributed by atoms with E-state index in [2.05, 4.69) is 5.32 Å². The zero-order valence-corrected chi connectivity index (χ0v) is 11.4. The Morgan fingerprint density at radius 2 is 2.18 bits per heavy atom. The minimum absolute atomic E-state index is 0.0250. The molecule has 2 rings (SSSR count). The van der Waals surface area contributed by atoms with E-state index in [4.69, 9.17) is 4.74 Å². The van der Waals surface area contributed by atoms with E-state index in [0.29, 0.717) is 12.0 Å². The molecule has 1 aliphatic heterocycles. The Kier molecular flexibility index (Phi) is 5.16. The highest BCUT2D eigenvalue weighted by Gasteiger charge is 2.32.